The number of nitrogens with one attached hydrogen (secondary N) is 1. The summed E-state index contributed by atoms with van der Waals surface area (Å²) in [6.45, 7) is 5.39. The van der Waals surface area contributed by atoms with Crippen molar-refractivity contribution >= 4 is 22.9 Å². The van der Waals surface area contributed by atoms with Crippen LogP contribution in [0.25, 0.3) is 0 Å². The number of alkyl carbamates (subject to hydrolysis) is 1. The Morgan fingerprint density at radius 2 is 2.00 bits per heavy atom. The average molecular weight is 255 g/mol. The van der Waals surface area contributed by atoms with Crippen LogP contribution in [0.1, 0.15) is 20.8 Å². The molecule has 0 aromatic heterocycles. The lowest BCUT2D eigenvalue weighted by Crippen LogP contribution is -2.31. The number of hydrogen-bond donors (Lipinski definition) is 1. The van der Waals surface area contributed by atoms with Gasteiger partial charge < -0.3 is 4.74 Å². The minimum absolute atomic E-state index is 0.345. The van der Waals surface area contributed by atoms with Gasteiger partial charge >= 0.3 is 6.09 Å². The highest BCUT2D eigenvalue weighted by molar-refractivity contribution is 6.68. The van der Waals surface area contributed by atoms with Crippen molar-refractivity contribution in [2.75, 3.05) is 0 Å². The molecule has 1 N–H and O–H groups in total. The van der Waals surface area contributed by atoms with Gasteiger partial charge in [-0.3, -0.25) is 5.32 Å². The summed E-state index contributed by atoms with van der Waals surface area (Å²) in [5.41, 5.74) is -0.0155. The fourth-order valence-electron chi connectivity index (χ4n) is 1.01. The molecule has 17 heavy (non-hydrogen) atoms. The Balaban J connectivity index is 2.65. The van der Waals surface area contributed by atoms with Gasteiger partial charge in [0.2, 0.25) is 0 Å². The Morgan fingerprint density at radius 3 is 2.65 bits per heavy atom. The van der Waals surface area contributed by atoms with Crippen LogP contribution < -0.4 is 5.32 Å². The zero-order valence-corrected chi connectivity index (χ0v) is 10.8. The first kappa shape index (κ1) is 13.5. The van der Waals surface area contributed by atoms with Gasteiger partial charge in [0.05, 0.1) is 11.9 Å². The van der Waals surface area contributed by atoms with Crippen LogP contribution in [0.15, 0.2) is 41.2 Å². The number of ether oxygens (including phenoxy) is 1. The van der Waals surface area contributed by atoms with Crippen molar-refractivity contribution in [3.63, 3.8) is 0 Å². The second-order valence-electron chi connectivity index (χ2n) is 4.38. The molecule has 4 nitrogen and oxygen atoms in total. The number of halogens is 1. The molecule has 0 bridgehead atoms. The molecule has 0 spiro atoms. The summed E-state index contributed by atoms with van der Waals surface area (Å²) in [6.07, 6.45) is 7.78. The highest BCUT2D eigenvalue weighted by Crippen LogP contribution is 2.08. The molecule has 1 aliphatic heterocycles. The lowest BCUT2D eigenvalue weighted by molar-refractivity contribution is 0.0548. The van der Waals surface area contributed by atoms with Crippen LogP contribution in [-0.4, -0.2) is 16.9 Å². The number of rotatable bonds is 1. The highest BCUT2D eigenvalue weighted by Gasteiger charge is 2.16. The summed E-state index contributed by atoms with van der Waals surface area (Å²) >= 11 is 5.74. The summed E-state index contributed by atoms with van der Waals surface area (Å²) in [5.74, 6) is 0. The maximum absolute atomic E-state index is 11.5. The second kappa shape index (κ2) is 5.68. The second-order valence-corrected chi connectivity index (χ2v) is 4.77. The predicted octanol–water partition coefficient (Wildman–Crippen LogP) is 3.12. The van der Waals surface area contributed by atoms with Gasteiger partial charge in [0.15, 0.2) is 0 Å². The van der Waals surface area contributed by atoms with Gasteiger partial charge in [0.1, 0.15) is 10.8 Å². The molecule has 0 aliphatic carbocycles. The Kier molecular flexibility index (Phi) is 4.52. The molecule has 1 amide bonds. The van der Waals surface area contributed by atoms with E-state index in [-0.39, 0.29) is 0 Å². The first-order chi connectivity index (χ1) is 7.87. The van der Waals surface area contributed by atoms with Crippen LogP contribution >= 0.6 is 11.6 Å². The van der Waals surface area contributed by atoms with Crippen molar-refractivity contribution in [3.05, 3.63) is 36.2 Å². The van der Waals surface area contributed by atoms with Crippen LogP contribution in [0.4, 0.5) is 4.79 Å². The number of allylic oxidation sites excluding steroid dienone is 4. The van der Waals surface area contributed by atoms with Crippen LogP contribution in [0.3, 0.4) is 0 Å². The van der Waals surface area contributed by atoms with E-state index < -0.39 is 11.7 Å². The van der Waals surface area contributed by atoms with Crippen LogP contribution in [-0.2, 0) is 4.74 Å². The minimum Gasteiger partial charge on any atom is -0.444 e. The summed E-state index contributed by atoms with van der Waals surface area (Å²) in [5, 5.41) is 2.92. The van der Waals surface area contributed by atoms with Crippen molar-refractivity contribution in [1.29, 1.82) is 0 Å². The molecule has 0 saturated carbocycles. The number of carbonyl (C=O) groups is 1. The monoisotopic (exact) mass is 254 g/mol. The fraction of sp³-hybridized carbons (Fsp3) is 0.333. The van der Waals surface area contributed by atoms with E-state index in [2.05, 4.69) is 10.3 Å². The number of nitrogens with zero attached hydrogens (tertiary/aromatic N) is 1. The quantitative estimate of drug-likeness (QED) is 0.782. The third-order valence-corrected chi connectivity index (χ3v) is 1.82. The molecular formula is C12H15ClN2O2. The maximum atomic E-state index is 11.5. The molecule has 1 rings (SSSR count). The molecule has 1 heterocycles. The highest BCUT2D eigenvalue weighted by atomic mass is 35.5. The van der Waals surface area contributed by atoms with Gasteiger partial charge in [-0.1, -0.05) is 23.8 Å². The van der Waals surface area contributed by atoms with Crippen molar-refractivity contribution in [2.45, 2.75) is 26.4 Å². The van der Waals surface area contributed by atoms with Crippen molar-refractivity contribution in [2.24, 2.45) is 4.99 Å². The molecule has 0 radical (unpaired) electrons. The van der Waals surface area contributed by atoms with Gasteiger partial charge in [-0.05, 0) is 32.9 Å². The van der Waals surface area contributed by atoms with Gasteiger partial charge in [-0.25, -0.2) is 9.79 Å². The zero-order chi connectivity index (χ0) is 12.9. The lowest BCUT2D eigenvalue weighted by Gasteiger charge is -2.19. The average Bonchev–Trinajstić information content (AvgIpc) is 2.14. The van der Waals surface area contributed by atoms with E-state index in [0.717, 1.165) is 0 Å². The van der Waals surface area contributed by atoms with E-state index >= 15 is 0 Å². The standard InChI is InChI=1S/C12H15ClN2O2/c1-12(2,3)17-11(16)15-9-6-4-5-7-10(13)14-8-9/h4-8H,1-3H3,(H,15,16)/b5-4?,6-4-,7-5-,9-6?,9-8+,10-7?,14-8?,14-10+. The molecule has 92 valence electrons. The van der Waals surface area contributed by atoms with Crippen molar-refractivity contribution in [1.82, 2.24) is 5.32 Å². The van der Waals surface area contributed by atoms with Crippen molar-refractivity contribution < 1.29 is 9.53 Å². The number of carbonyl (C=O) groups excluding carboxylic acids is 1. The summed E-state index contributed by atoms with van der Waals surface area (Å²) < 4.78 is 5.12. The number of amides is 1. The van der Waals surface area contributed by atoms with E-state index in [1.54, 1.807) is 45.1 Å². The zero-order valence-electron chi connectivity index (χ0n) is 10.0. The van der Waals surface area contributed by atoms with Gasteiger partial charge in [0, 0.05) is 0 Å². The molecule has 0 fully saturated rings. The third-order valence-electron chi connectivity index (χ3n) is 1.59. The first-order valence-corrected chi connectivity index (χ1v) is 5.53. The third kappa shape index (κ3) is 5.92. The normalized spacial score (nSPS) is 25.4. The Hall–Kier alpha value is -1.55. The SMILES string of the molecule is CC(C)(C)OC(=O)NC1=C/N=C(Cl)\C=C/C=C\1. The fourth-order valence-corrected chi connectivity index (χ4v) is 1.13. The molecule has 1 aliphatic rings. The van der Waals surface area contributed by atoms with Crippen LogP contribution in [0.2, 0.25) is 0 Å². The lowest BCUT2D eigenvalue weighted by atomic mass is 10.2. The molecule has 0 unspecified atom stereocenters. The van der Waals surface area contributed by atoms with Crippen LogP contribution in [0.5, 0.6) is 0 Å². The van der Waals surface area contributed by atoms with E-state index in [1.165, 1.54) is 6.20 Å². The molecule has 0 atom stereocenters. The number of hydrogen-bond acceptors (Lipinski definition) is 3. The Bertz CT molecular complexity index is 415. The molecule has 0 aromatic rings. The Labute approximate surface area is 106 Å². The molecule has 5 heteroatoms. The van der Waals surface area contributed by atoms with Gasteiger partial charge in [0.25, 0.3) is 0 Å². The minimum atomic E-state index is -0.531. The topological polar surface area (TPSA) is 50.7 Å². The smallest absolute Gasteiger partial charge is 0.412 e. The number of aliphatic imine (C=N–C) groups is 1. The summed E-state index contributed by atoms with van der Waals surface area (Å²) in [4.78, 5) is 15.4. The van der Waals surface area contributed by atoms with Crippen molar-refractivity contribution in [3.8, 4) is 0 Å². The predicted molar refractivity (Wildman–Crippen MR) is 69.0 cm³/mol. The molecule has 0 aromatic carbocycles. The Morgan fingerprint density at radius 1 is 1.35 bits per heavy atom. The molecule has 0 saturated heterocycles. The van der Waals surface area contributed by atoms with Gasteiger partial charge in [-0.2, -0.15) is 0 Å². The van der Waals surface area contributed by atoms with E-state index in [9.17, 15) is 4.79 Å². The van der Waals surface area contributed by atoms with E-state index in [1.807, 2.05) is 0 Å². The first-order valence-electron chi connectivity index (χ1n) is 5.15. The van der Waals surface area contributed by atoms with Gasteiger partial charge in [-0.15, -0.1) is 0 Å². The van der Waals surface area contributed by atoms with Crippen LogP contribution in [0, 0.1) is 0 Å². The largest absolute Gasteiger partial charge is 0.444 e. The summed E-state index contributed by atoms with van der Waals surface area (Å²) in [6, 6.07) is 0. The van der Waals surface area contributed by atoms with E-state index in [0.29, 0.717) is 10.9 Å². The maximum Gasteiger partial charge on any atom is 0.412 e. The summed E-state index contributed by atoms with van der Waals surface area (Å²) in [7, 11) is 0. The van der Waals surface area contributed by atoms with E-state index in [4.69, 9.17) is 16.3 Å². The molecular weight excluding hydrogens is 240 g/mol.